The number of halogens is 3. The van der Waals surface area contributed by atoms with Crippen molar-refractivity contribution in [2.45, 2.75) is 6.92 Å². The average molecular weight is 326 g/mol. The van der Waals surface area contributed by atoms with E-state index in [0.717, 1.165) is 16.1 Å². The minimum absolute atomic E-state index is 0.317. The lowest BCUT2D eigenvalue weighted by molar-refractivity contribution is 0.102. The standard InChI is InChI=1S/C14H10BrF2NO/c1-8-7-9(15)5-6-12(8)18-14(19)10-3-2-4-11(16)13(10)17/h2-7H,1H3,(H,18,19). The molecule has 2 nitrogen and oxygen atoms in total. The van der Waals surface area contributed by atoms with E-state index in [1.165, 1.54) is 12.1 Å². The maximum Gasteiger partial charge on any atom is 0.258 e. The second-order valence-corrected chi connectivity index (χ2v) is 4.93. The summed E-state index contributed by atoms with van der Waals surface area (Å²) in [6.07, 6.45) is 0. The number of nitrogens with one attached hydrogen (secondary N) is 1. The van der Waals surface area contributed by atoms with Gasteiger partial charge in [0.1, 0.15) is 0 Å². The molecule has 0 aliphatic carbocycles. The van der Waals surface area contributed by atoms with Crippen molar-refractivity contribution in [1.82, 2.24) is 0 Å². The molecule has 0 spiro atoms. The summed E-state index contributed by atoms with van der Waals surface area (Å²) < 4.78 is 27.4. The Labute approximate surface area is 117 Å². The Balaban J connectivity index is 2.28. The van der Waals surface area contributed by atoms with Crippen LogP contribution in [0.1, 0.15) is 15.9 Å². The zero-order valence-corrected chi connectivity index (χ0v) is 11.6. The van der Waals surface area contributed by atoms with Crippen molar-refractivity contribution in [2.24, 2.45) is 0 Å². The third-order valence-electron chi connectivity index (χ3n) is 2.63. The molecule has 0 unspecified atom stereocenters. The van der Waals surface area contributed by atoms with Gasteiger partial charge in [-0.05, 0) is 42.8 Å². The summed E-state index contributed by atoms with van der Waals surface area (Å²) in [4.78, 5) is 11.9. The molecule has 2 aromatic carbocycles. The van der Waals surface area contributed by atoms with Crippen LogP contribution < -0.4 is 5.32 Å². The van der Waals surface area contributed by atoms with E-state index in [1.807, 2.05) is 13.0 Å². The Morgan fingerprint density at radius 3 is 2.63 bits per heavy atom. The summed E-state index contributed by atoms with van der Waals surface area (Å²) in [6.45, 7) is 1.81. The van der Waals surface area contributed by atoms with Crippen LogP contribution in [0.5, 0.6) is 0 Å². The molecular formula is C14H10BrF2NO. The van der Waals surface area contributed by atoms with E-state index >= 15 is 0 Å². The molecule has 0 aliphatic rings. The quantitative estimate of drug-likeness (QED) is 0.876. The summed E-state index contributed by atoms with van der Waals surface area (Å²) >= 11 is 3.31. The van der Waals surface area contributed by atoms with Crippen LogP contribution in [0.25, 0.3) is 0 Å². The van der Waals surface area contributed by atoms with Crippen LogP contribution in [0.15, 0.2) is 40.9 Å². The minimum Gasteiger partial charge on any atom is -0.322 e. The highest BCUT2D eigenvalue weighted by Gasteiger charge is 2.15. The van der Waals surface area contributed by atoms with Crippen LogP contribution in [0.2, 0.25) is 0 Å². The first-order valence-electron chi connectivity index (χ1n) is 5.50. The third-order valence-corrected chi connectivity index (χ3v) is 3.13. The van der Waals surface area contributed by atoms with Crippen LogP contribution >= 0.6 is 15.9 Å². The highest BCUT2D eigenvalue weighted by Crippen LogP contribution is 2.21. The van der Waals surface area contributed by atoms with Crippen LogP contribution in [-0.4, -0.2) is 5.91 Å². The van der Waals surface area contributed by atoms with Gasteiger partial charge in [-0.3, -0.25) is 4.79 Å². The van der Waals surface area contributed by atoms with Gasteiger partial charge in [0.15, 0.2) is 11.6 Å². The van der Waals surface area contributed by atoms with Gasteiger partial charge in [0.2, 0.25) is 0 Å². The number of hydrogen-bond donors (Lipinski definition) is 1. The van der Waals surface area contributed by atoms with Crippen molar-refractivity contribution >= 4 is 27.5 Å². The molecule has 0 fully saturated rings. The number of carbonyl (C=O) groups is 1. The second-order valence-electron chi connectivity index (χ2n) is 4.01. The largest absolute Gasteiger partial charge is 0.322 e. The number of benzene rings is 2. The normalized spacial score (nSPS) is 10.3. The van der Waals surface area contributed by atoms with Gasteiger partial charge in [-0.2, -0.15) is 0 Å². The van der Waals surface area contributed by atoms with Gasteiger partial charge in [-0.25, -0.2) is 8.78 Å². The van der Waals surface area contributed by atoms with Crippen molar-refractivity contribution in [3.05, 3.63) is 63.6 Å². The van der Waals surface area contributed by atoms with Gasteiger partial charge in [0.05, 0.1) is 5.56 Å². The lowest BCUT2D eigenvalue weighted by atomic mass is 10.1. The highest BCUT2D eigenvalue weighted by atomic mass is 79.9. The van der Waals surface area contributed by atoms with E-state index in [2.05, 4.69) is 21.2 Å². The monoisotopic (exact) mass is 325 g/mol. The molecule has 0 bridgehead atoms. The summed E-state index contributed by atoms with van der Waals surface area (Å²) in [5.41, 5.74) is 1.05. The first-order chi connectivity index (χ1) is 8.99. The molecule has 1 amide bonds. The predicted molar refractivity (Wildman–Crippen MR) is 73.2 cm³/mol. The molecule has 0 saturated heterocycles. The summed E-state index contributed by atoms with van der Waals surface area (Å²) in [6, 6.07) is 8.76. The third kappa shape index (κ3) is 2.98. The Hall–Kier alpha value is -1.75. The predicted octanol–water partition coefficient (Wildman–Crippen LogP) is 4.29. The van der Waals surface area contributed by atoms with Crippen molar-refractivity contribution in [3.63, 3.8) is 0 Å². The number of amides is 1. The van der Waals surface area contributed by atoms with E-state index in [0.29, 0.717) is 5.69 Å². The van der Waals surface area contributed by atoms with Crippen LogP contribution in [0.3, 0.4) is 0 Å². The van der Waals surface area contributed by atoms with Gasteiger partial charge < -0.3 is 5.32 Å². The topological polar surface area (TPSA) is 29.1 Å². The molecule has 0 saturated carbocycles. The molecule has 0 aliphatic heterocycles. The zero-order chi connectivity index (χ0) is 14.0. The van der Waals surface area contributed by atoms with E-state index in [9.17, 15) is 13.6 Å². The van der Waals surface area contributed by atoms with Crippen molar-refractivity contribution in [3.8, 4) is 0 Å². The fourth-order valence-electron chi connectivity index (χ4n) is 1.64. The van der Waals surface area contributed by atoms with Crippen molar-refractivity contribution in [1.29, 1.82) is 0 Å². The van der Waals surface area contributed by atoms with Gasteiger partial charge in [-0.1, -0.05) is 22.0 Å². The fraction of sp³-hybridized carbons (Fsp3) is 0.0714. The van der Waals surface area contributed by atoms with E-state index < -0.39 is 17.5 Å². The summed E-state index contributed by atoms with van der Waals surface area (Å²) in [5, 5.41) is 2.56. The minimum atomic E-state index is -1.14. The first-order valence-corrected chi connectivity index (χ1v) is 6.30. The Bertz CT molecular complexity index is 643. The SMILES string of the molecule is Cc1cc(Br)ccc1NC(=O)c1cccc(F)c1F. The van der Waals surface area contributed by atoms with Crippen LogP contribution in [0, 0.1) is 18.6 Å². The number of aryl methyl sites for hydroxylation is 1. The Kier molecular flexibility index (Phi) is 3.95. The van der Waals surface area contributed by atoms with E-state index in [1.54, 1.807) is 12.1 Å². The molecule has 2 aromatic rings. The summed E-state index contributed by atoms with van der Waals surface area (Å²) in [5.74, 6) is -2.86. The zero-order valence-electron chi connectivity index (χ0n) is 10.0. The first kappa shape index (κ1) is 13.7. The Morgan fingerprint density at radius 1 is 1.21 bits per heavy atom. The number of carbonyl (C=O) groups excluding carboxylic acids is 1. The van der Waals surface area contributed by atoms with Crippen LogP contribution in [-0.2, 0) is 0 Å². The molecule has 98 valence electrons. The van der Waals surface area contributed by atoms with Gasteiger partial charge in [0.25, 0.3) is 5.91 Å². The lowest BCUT2D eigenvalue weighted by Gasteiger charge is -2.09. The highest BCUT2D eigenvalue weighted by molar-refractivity contribution is 9.10. The molecule has 19 heavy (non-hydrogen) atoms. The molecule has 1 N–H and O–H groups in total. The van der Waals surface area contributed by atoms with Gasteiger partial charge in [0, 0.05) is 10.2 Å². The molecule has 0 heterocycles. The maximum atomic E-state index is 13.5. The molecular weight excluding hydrogens is 316 g/mol. The van der Waals surface area contributed by atoms with Crippen LogP contribution in [0.4, 0.5) is 14.5 Å². The smallest absolute Gasteiger partial charge is 0.258 e. The van der Waals surface area contributed by atoms with Gasteiger partial charge in [-0.15, -0.1) is 0 Å². The number of hydrogen-bond acceptors (Lipinski definition) is 1. The number of rotatable bonds is 2. The van der Waals surface area contributed by atoms with E-state index in [-0.39, 0.29) is 5.56 Å². The molecule has 0 radical (unpaired) electrons. The molecule has 0 aromatic heterocycles. The Morgan fingerprint density at radius 2 is 1.95 bits per heavy atom. The summed E-state index contributed by atoms with van der Waals surface area (Å²) in [7, 11) is 0. The molecule has 5 heteroatoms. The molecule has 2 rings (SSSR count). The lowest BCUT2D eigenvalue weighted by Crippen LogP contribution is -2.15. The number of anilines is 1. The van der Waals surface area contributed by atoms with Crippen molar-refractivity contribution < 1.29 is 13.6 Å². The average Bonchev–Trinajstić information content (AvgIpc) is 2.36. The maximum absolute atomic E-state index is 13.5. The van der Waals surface area contributed by atoms with Crippen molar-refractivity contribution in [2.75, 3.05) is 5.32 Å². The van der Waals surface area contributed by atoms with E-state index in [4.69, 9.17) is 0 Å². The van der Waals surface area contributed by atoms with Gasteiger partial charge >= 0.3 is 0 Å². The fourth-order valence-corrected chi connectivity index (χ4v) is 2.11. The second kappa shape index (κ2) is 5.48. The molecule has 0 atom stereocenters.